The Balaban J connectivity index is 2.24. The van der Waals surface area contributed by atoms with Gasteiger partial charge in [0, 0.05) is 5.69 Å². The molecule has 1 aromatic rings. The first-order valence-corrected chi connectivity index (χ1v) is 7.25. The Bertz CT molecular complexity index is 537. The van der Waals surface area contributed by atoms with E-state index in [2.05, 4.69) is 22.7 Å². The van der Waals surface area contributed by atoms with E-state index >= 15 is 0 Å². The van der Waals surface area contributed by atoms with Gasteiger partial charge in [-0.3, -0.25) is 4.79 Å². The summed E-state index contributed by atoms with van der Waals surface area (Å²) in [5.41, 5.74) is 2.81. The molecule has 0 radical (unpaired) electrons. The molecule has 0 aliphatic heterocycles. The molecule has 0 bridgehead atoms. The Morgan fingerprint density at radius 2 is 2.47 bits per heavy atom. The predicted octanol–water partition coefficient (Wildman–Crippen LogP) is 2.34. The molecular weight excluding hydrogens is 260 g/mol. The van der Waals surface area contributed by atoms with Crippen LogP contribution in [-0.4, -0.2) is 23.8 Å². The molecule has 0 fully saturated rings. The van der Waals surface area contributed by atoms with Gasteiger partial charge in [-0.05, 0) is 36.8 Å². The van der Waals surface area contributed by atoms with Crippen molar-refractivity contribution in [3.63, 3.8) is 0 Å². The van der Waals surface area contributed by atoms with E-state index in [-0.39, 0.29) is 11.7 Å². The van der Waals surface area contributed by atoms with Crippen molar-refractivity contribution in [1.29, 1.82) is 5.26 Å². The SMILES string of the molecule is COC(=O)CSc1nc2c(cc1C#N)CC(C)CC2. The Labute approximate surface area is 117 Å². The highest BCUT2D eigenvalue weighted by atomic mass is 32.2. The third-order valence-electron chi connectivity index (χ3n) is 3.27. The molecule has 1 aliphatic rings. The number of nitriles is 1. The fraction of sp³-hybridized carbons (Fsp3) is 0.500. The number of hydrogen-bond acceptors (Lipinski definition) is 5. The molecule has 0 saturated heterocycles. The number of carbonyl (C=O) groups excluding carboxylic acids is 1. The van der Waals surface area contributed by atoms with Gasteiger partial charge in [-0.25, -0.2) is 4.98 Å². The van der Waals surface area contributed by atoms with Crippen LogP contribution in [0.2, 0.25) is 0 Å². The Morgan fingerprint density at radius 3 is 3.16 bits per heavy atom. The lowest BCUT2D eigenvalue weighted by atomic mass is 9.87. The van der Waals surface area contributed by atoms with Gasteiger partial charge in [0.25, 0.3) is 0 Å². The number of methoxy groups -OCH3 is 1. The van der Waals surface area contributed by atoms with Gasteiger partial charge < -0.3 is 4.74 Å². The zero-order chi connectivity index (χ0) is 13.8. The summed E-state index contributed by atoms with van der Waals surface area (Å²) in [5, 5.41) is 9.83. The molecule has 1 aliphatic carbocycles. The molecule has 1 atom stereocenters. The molecule has 0 saturated carbocycles. The van der Waals surface area contributed by atoms with Crippen LogP contribution >= 0.6 is 11.8 Å². The van der Waals surface area contributed by atoms with E-state index in [9.17, 15) is 10.1 Å². The van der Waals surface area contributed by atoms with Crippen LogP contribution in [0, 0.1) is 17.2 Å². The van der Waals surface area contributed by atoms with Gasteiger partial charge in [-0.15, -0.1) is 0 Å². The molecule has 5 heteroatoms. The first kappa shape index (κ1) is 13.9. The molecular formula is C14H16N2O2S. The lowest BCUT2D eigenvalue weighted by Gasteiger charge is -2.21. The number of esters is 1. The zero-order valence-electron chi connectivity index (χ0n) is 11.1. The van der Waals surface area contributed by atoms with E-state index in [1.165, 1.54) is 24.4 Å². The van der Waals surface area contributed by atoms with Crippen LogP contribution in [0.1, 0.15) is 30.2 Å². The number of rotatable bonds is 3. The second-order valence-corrected chi connectivity index (χ2v) is 5.74. The molecule has 1 heterocycles. The summed E-state index contributed by atoms with van der Waals surface area (Å²) in [7, 11) is 1.36. The highest BCUT2D eigenvalue weighted by Crippen LogP contribution is 2.29. The lowest BCUT2D eigenvalue weighted by Crippen LogP contribution is -2.14. The van der Waals surface area contributed by atoms with E-state index in [0.717, 1.165) is 25.0 Å². The van der Waals surface area contributed by atoms with Crippen molar-refractivity contribution in [3.05, 3.63) is 22.9 Å². The fourth-order valence-corrected chi connectivity index (χ4v) is 3.01. The van der Waals surface area contributed by atoms with Gasteiger partial charge in [-0.2, -0.15) is 5.26 Å². The summed E-state index contributed by atoms with van der Waals surface area (Å²) < 4.78 is 4.60. The van der Waals surface area contributed by atoms with Crippen LogP contribution in [0.5, 0.6) is 0 Å². The van der Waals surface area contributed by atoms with E-state index < -0.39 is 0 Å². The highest BCUT2D eigenvalue weighted by molar-refractivity contribution is 7.99. The number of aryl methyl sites for hydroxylation is 1. The van der Waals surface area contributed by atoms with Crippen molar-refractivity contribution in [1.82, 2.24) is 4.98 Å². The number of pyridine rings is 1. The summed E-state index contributed by atoms with van der Waals surface area (Å²) in [6, 6.07) is 4.10. The molecule has 4 nitrogen and oxygen atoms in total. The normalized spacial score (nSPS) is 17.4. The van der Waals surface area contributed by atoms with Gasteiger partial charge >= 0.3 is 5.97 Å². The van der Waals surface area contributed by atoms with Gasteiger partial charge in [-0.1, -0.05) is 18.7 Å². The van der Waals surface area contributed by atoms with E-state index in [1.54, 1.807) is 0 Å². The second kappa shape index (κ2) is 6.07. The maximum Gasteiger partial charge on any atom is 0.316 e. The number of hydrogen-bond donors (Lipinski definition) is 0. The first-order valence-electron chi connectivity index (χ1n) is 6.26. The number of ether oxygens (including phenoxy) is 1. The van der Waals surface area contributed by atoms with Gasteiger partial charge in [0.2, 0.25) is 0 Å². The van der Waals surface area contributed by atoms with Crippen LogP contribution in [0.4, 0.5) is 0 Å². The van der Waals surface area contributed by atoms with Crippen molar-refractivity contribution in [2.75, 3.05) is 12.9 Å². The molecule has 19 heavy (non-hydrogen) atoms. The first-order chi connectivity index (χ1) is 9.13. The lowest BCUT2D eigenvalue weighted by molar-refractivity contribution is -0.137. The molecule has 0 amide bonds. The van der Waals surface area contributed by atoms with Crippen molar-refractivity contribution in [3.8, 4) is 6.07 Å². The minimum absolute atomic E-state index is 0.188. The van der Waals surface area contributed by atoms with Gasteiger partial charge in [0.15, 0.2) is 0 Å². The molecule has 1 unspecified atom stereocenters. The number of fused-ring (bicyclic) bond motifs is 1. The molecule has 0 spiro atoms. The van der Waals surface area contributed by atoms with Crippen molar-refractivity contribution < 1.29 is 9.53 Å². The Morgan fingerprint density at radius 1 is 1.68 bits per heavy atom. The van der Waals surface area contributed by atoms with Crippen LogP contribution in [-0.2, 0) is 22.4 Å². The summed E-state index contributed by atoms with van der Waals surface area (Å²) in [4.78, 5) is 15.7. The zero-order valence-corrected chi connectivity index (χ0v) is 11.9. The molecule has 0 N–H and O–H groups in total. The molecule has 1 aromatic heterocycles. The highest BCUT2D eigenvalue weighted by Gasteiger charge is 2.19. The smallest absolute Gasteiger partial charge is 0.316 e. The Hall–Kier alpha value is -1.54. The van der Waals surface area contributed by atoms with Crippen molar-refractivity contribution in [2.24, 2.45) is 5.92 Å². The van der Waals surface area contributed by atoms with Crippen molar-refractivity contribution in [2.45, 2.75) is 31.2 Å². The average Bonchev–Trinajstić information content (AvgIpc) is 2.43. The third-order valence-corrected chi connectivity index (χ3v) is 4.24. The van der Waals surface area contributed by atoms with E-state index in [1.807, 2.05) is 6.07 Å². The van der Waals surface area contributed by atoms with Crippen LogP contribution in [0.15, 0.2) is 11.1 Å². The van der Waals surface area contributed by atoms with Crippen LogP contribution in [0.3, 0.4) is 0 Å². The number of aromatic nitrogens is 1. The number of thioether (sulfide) groups is 1. The fourth-order valence-electron chi connectivity index (χ4n) is 2.20. The van der Waals surface area contributed by atoms with E-state index in [4.69, 9.17) is 0 Å². The summed E-state index contributed by atoms with van der Waals surface area (Å²) >= 11 is 1.27. The van der Waals surface area contributed by atoms with Gasteiger partial charge in [0.1, 0.15) is 11.1 Å². The quantitative estimate of drug-likeness (QED) is 0.626. The Kier molecular flexibility index (Phi) is 4.43. The second-order valence-electron chi connectivity index (χ2n) is 4.77. The molecule has 2 rings (SSSR count). The topological polar surface area (TPSA) is 63.0 Å². The standard InChI is InChI=1S/C14H16N2O2S/c1-9-3-4-12-10(5-9)6-11(7-15)14(16-12)19-8-13(17)18-2/h6,9H,3-5,8H2,1-2H3. The van der Waals surface area contributed by atoms with Crippen molar-refractivity contribution >= 4 is 17.7 Å². The largest absolute Gasteiger partial charge is 0.468 e. The maximum absolute atomic E-state index is 11.2. The number of nitrogens with zero attached hydrogens (tertiary/aromatic N) is 2. The predicted molar refractivity (Wildman–Crippen MR) is 72.9 cm³/mol. The van der Waals surface area contributed by atoms with Gasteiger partial charge in [0.05, 0.1) is 18.4 Å². The third kappa shape index (κ3) is 3.27. The van der Waals surface area contributed by atoms with E-state index in [0.29, 0.717) is 16.5 Å². The maximum atomic E-state index is 11.2. The summed E-state index contributed by atoms with van der Waals surface area (Å²) in [6.07, 6.45) is 3.07. The summed E-state index contributed by atoms with van der Waals surface area (Å²) in [5.74, 6) is 0.532. The minimum atomic E-state index is -0.304. The van der Waals surface area contributed by atoms with Crippen LogP contribution < -0.4 is 0 Å². The summed E-state index contributed by atoms with van der Waals surface area (Å²) in [6.45, 7) is 2.22. The average molecular weight is 276 g/mol. The number of carbonyl (C=O) groups is 1. The molecule has 0 aromatic carbocycles. The minimum Gasteiger partial charge on any atom is -0.468 e. The monoisotopic (exact) mass is 276 g/mol. The molecule has 100 valence electrons. The van der Waals surface area contributed by atoms with Crippen LogP contribution in [0.25, 0.3) is 0 Å².